The molecule has 0 aliphatic heterocycles. The fourth-order valence-corrected chi connectivity index (χ4v) is 3.24. The second-order valence-corrected chi connectivity index (χ2v) is 7.64. The Balaban J connectivity index is 1.53. The van der Waals surface area contributed by atoms with Gasteiger partial charge in [0.2, 0.25) is 5.91 Å². The Bertz CT molecular complexity index is 967. The van der Waals surface area contributed by atoms with E-state index in [0.29, 0.717) is 17.6 Å². The fourth-order valence-electron chi connectivity index (χ4n) is 2.51. The number of rotatable bonds is 7. The summed E-state index contributed by atoms with van der Waals surface area (Å²) in [5, 5.41) is 11.9. The van der Waals surface area contributed by atoms with Crippen molar-refractivity contribution in [2.24, 2.45) is 7.05 Å². The van der Waals surface area contributed by atoms with E-state index in [1.54, 1.807) is 0 Å². The Labute approximate surface area is 169 Å². The minimum absolute atomic E-state index is 0.0789. The van der Waals surface area contributed by atoms with Crippen molar-refractivity contribution in [3.8, 4) is 5.75 Å². The molecule has 0 radical (unpaired) electrons. The van der Waals surface area contributed by atoms with Gasteiger partial charge in [0.15, 0.2) is 11.0 Å². The average molecular weight is 397 g/mol. The van der Waals surface area contributed by atoms with Gasteiger partial charge in [-0.05, 0) is 56.2 Å². The first-order chi connectivity index (χ1) is 13.4. The molecule has 3 rings (SSSR count). The van der Waals surface area contributed by atoms with Gasteiger partial charge in [-0.1, -0.05) is 35.5 Å². The van der Waals surface area contributed by atoms with Crippen molar-refractivity contribution in [3.63, 3.8) is 0 Å². The maximum absolute atomic E-state index is 12.1. The summed E-state index contributed by atoms with van der Waals surface area (Å²) in [6.07, 6.45) is 0. The molecule has 0 aliphatic rings. The Morgan fingerprint density at radius 1 is 1.07 bits per heavy atom. The van der Waals surface area contributed by atoms with E-state index in [9.17, 15) is 4.79 Å². The number of nitrogens with zero attached hydrogens (tertiary/aromatic N) is 3. The lowest BCUT2D eigenvalue weighted by Crippen LogP contribution is -2.14. The Hall–Kier alpha value is -2.80. The number of carbonyl (C=O) groups is 1. The molecule has 7 heteroatoms. The number of aromatic nitrogens is 3. The molecular weight excluding hydrogens is 372 g/mol. The van der Waals surface area contributed by atoms with Crippen molar-refractivity contribution < 1.29 is 9.53 Å². The van der Waals surface area contributed by atoms with Gasteiger partial charge in [-0.3, -0.25) is 4.79 Å². The van der Waals surface area contributed by atoms with Gasteiger partial charge in [-0.15, -0.1) is 10.2 Å². The summed E-state index contributed by atoms with van der Waals surface area (Å²) in [5.74, 6) is 1.69. The van der Waals surface area contributed by atoms with Crippen LogP contribution in [0.3, 0.4) is 0 Å². The molecule has 0 fully saturated rings. The zero-order valence-corrected chi connectivity index (χ0v) is 17.3. The standard InChI is InChI=1S/C21H24N4O2S/c1-14-5-8-17(9-6-14)22-20(26)13-28-21-24-23-19(25(21)4)12-27-18-10-7-15(2)16(3)11-18/h5-11H,12-13H2,1-4H3,(H,22,26). The van der Waals surface area contributed by atoms with Crippen LogP contribution < -0.4 is 10.1 Å². The lowest BCUT2D eigenvalue weighted by atomic mass is 10.1. The van der Waals surface area contributed by atoms with Crippen molar-refractivity contribution in [2.75, 3.05) is 11.1 Å². The largest absolute Gasteiger partial charge is 0.486 e. The number of benzene rings is 2. The number of nitrogens with one attached hydrogen (secondary N) is 1. The van der Waals surface area contributed by atoms with E-state index in [1.165, 1.54) is 22.9 Å². The van der Waals surface area contributed by atoms with Crippen LogP contribution in [-0.2, 0) is 18.4 Å². The molecule has 6 nitrogen and oxygen atoms in total. The highest BCUT2D eigenvalue weighted by Gasteiger charge is 2.12. The number of amides is 1. The SMILES string of the molecule is Cc1ccc(NC(=O)CSc2nnc(COc3ccc(C)c(C)c3)n2C)cc1. The van der Waals surface area contributed by atoms with Gasteiger partial charge in [0.25, 0.3) is 0 Å². The molecule has 2 aromatic carbocycles. The zero-order chi connectivity index (χ0) is 20.1. The van der Waals surface area contributed by atoms with Crippen LogP contribution in [0.15, 0.2) is 47.6 Å². The maximum Gasteiger partial charge on any atom is 0.234 e. The fraction of sp³-hybridized carbons (Fsp3) is 0.286. The van der Waals surface area contributed by atoms with Crippen molar-refractivity contribution in [1.29, 1.82) is 0 Å². The smallest absolute Gasteiger partial charge is 0.234 e. The molecule has 0 aliphatic carbocycles. The lowest BCUT2D eigenvalue weighted by Gasteiger charge is -2.08. The van der Waals surface area contributed by atoms with E-state index in [1.807, 2.05) is 61.0 Å². The number of aryl methyl sites for hydroxylation is 3. The quantitative estimate of drug-likeness (QED) is 0.610. The number of thioether (sulfide) groups is 1. The first-order valence-corrected chi connectivity index (χ1v) is 9.98. The van der Waals surface area contributed by atoms with Crippen molar-refractivity contribution >= 4 is 23.4 Å². The van der Waals surface area contributed by atoms with Crippen LogP contribution in [0.5, 0.6) is 5.75 Å². The second-order valence-electron chi connectivity index (χ2n) is 6.70. The highest BCUT2D eigenvalue weighted by atomic mass is 32.2. The van der Waals surface area contributed by atoms with Gasteiger partial charge in [0.05, 0.1) is 5.75 Å². The highest BCUT2D eigenvalue weighted by molar-refractivity contribution is 7.99. The monoisotopic (exact) mass is 396 g/mol. The summed E-state index contributed by atoms with van der Waals surface area (Å²) in [4.78, 5) is 12.1. The number of hydrogen-bond donors (Lipinski definition) is 1. The minimum atomic E-state index is -0.0789. The van der Waals surface area contributed by atoms with E-state index in [-0.39, 0.29) is 11.7 Å². The van der Waals surface area contributed by atoms with E-state index >= 15 is 0 Å². The molecule has 28 heavy (non-hydrogen) atoms. The first kappa shape index (κ1) is 19.9. The topological polar surface area (TPSA) is 69.0 Å². The van der Waals surface area contributed by atoms with Crippen LogP contribution in [0.25, 0.3) is 0 Å². The van der Waals surface area contributed by atoms with Crippen LogP contribution in [0.2, 0.25) is 0 Å². The molecule has 0 atom stereocenters. The summed E-state index contributed by atoms with van der Waals surface area (Å²) in [6, 6.07) is 13.7. The molecule has 0 unspecified atom stereocenters. The minimum Gasteiger partial charge on any atom is -0.486 e. The van der Waals surface area contributed by atoms with Crippen molar-refractivity contribution in [3.05, 3.63) is 65.0 Å². The van der Waals surface area contributed by atoms with E-state index in [0.717, 1.165) is 17.0 Å². The first-order valence-electron chi connectivity index (χ1n) is 9.00. The number of hydrogen-bond acceptors (Lipinski definition) is 5. The van der Waals surface area contributed by atoms with Crippen LogP contribution in [0, 0.1) is 20.8 Å². The second kappa shape index (κ2) is 8.93. The van der Waals surface area contributed by atoms with Crippen molar-refractivity contribution in [1.82, 2.24) is 14.8 Å². The Morgan fingerprint density at radius 3 is 2.54 bits per heavy atom. The normalized spacial score (nSPS) is 10.7. The Morgan fingerprint density at radius 2 is 1.82 bits per heavy atom. The van der Waals surface area contributed by atoms with E-state index < -0.39 is 0 Å². The summed E-state index contributed by atoms with van der Waals surface area (Å²) >= 11 is 1.35. The molecule has 0 spiro atoms. The summed E-state index contributed by atoms with van der Waals surface area (Å²) in [6.45, 7) is 6.46. The molecule has 0 saturated heterocycles. The predicted octanol–water partition coefficient (Wildman–Crippen LogP) is 4.05. The number of ether oxygens (including phenoxy) is 1. The molecule has 0 saturated carbocycles. The van der Waals surface area contributed by atoms with E-state index in [2.05, 4.69) is 29.4 Å². The summed E-state index contributed by atoms with van der Waals surface area (Å²) in [5.41, 5.74) is 4.36. The third-order valence-corrected chi connectivity index (χ3v) is 5.46. The van der Waals surface area contributed by atoms with E-state index in [4.69, 9.17) is 4.74 Å². The molecule has 0 bridgehead atoms. The highest BCUT2D eigenvalue weighted by Crippen LogP contribution is 2.20. The van der Waals surface area contributed by atoms with Gasteiger partial charge in [0.1, 0.15) is 12.4 Å². The number of carbonyl (C=O) groups excluding carboxylic acids is 1. The predicted molar refractivity (Wildman–Crippen MR) is 112 cm³/mol. The van der Waals surface area contributed by atoms with Gasteiger partial charge in [0, 0.05) is 12.7 Å². The molecule has 1 N–H and O–H groups in total. The average Bonchev–Trinajstić information content (AvgIpc) is 3.03. The molecule has 1 aromatic heterocycles. The van der Waals surface area contributed by atoms with Gasteiger partial charge >= 0.3 is 0 Å². The summed E-state index contributed by atoms with van der Waals surface area (Å²) in [7, 11) is 1.87. The number of anilines is 1. The zero-order valence-electron chi connectivity index (χ0n) is 16.5. The van der Waals surface area contributed by atoms with Crippen molar-refractivity contribution in [2.45, 2.75) is 32.5 Å². The van der Waals surface area contributed by atoms with Crippen LogP contribution >= 0.6 is 11.8 Å². The molecule has 146 valence electrons. The van der Waals surface area contributed by atoms with Crippen LogP contribution in [-0.4, -0.2) is 26.4 Å². The van der Waals surface area contributed by atoms with Crippen LogP contribution in [0.4, 0.5) is 5.69 Å². The molecule has 1 amide bonds. The maximum atomic E-state index is 12.1. The third-order valence-electron chi connectivity index (χ3n) is 4.44. The molecule has 3 aromatic rings. The molecule has 1 heterocycles. The van der Waals surface area contributed by atoms with Gasteiger partial charge in [-0.25, -0.2) is 0 Å². The van der Waals surface area contributed by atoms with Crippen LogP contribution in [0.1, 0.15) is 22.5 Å². The molecular formula is C21H24N4O2S. The Kier molecular flexibility index (Phi) is 6.36. The third kappa shape index (κ3) is 5.13. The van der Waals surface area contributed by atoms with Gasteiger partial charge < -0.3 is 14.6 Å². The van der Waals surface area contributed by atoms with Gasteiger partial charge in [-0.2, -0.15) is 0 Å². The summed E-state index contributed by atoms with van der Waals surface area (Å²) < 4.78 is 7.68. The lowest BCUT2D eigenvalue weighted by molar-refractivity contribution is -0.113.